The van der Waals surface area contributed by atoms with E-state index in [0.29, 0.717) is 6.61 Å². The van der Waals surface area contributed by atoms with Gasteiger partial charge >= 0.3 is 5.97 Å². The zero-order valence-electron chi connectivity index (χ0n) is 10.6. The standard InChI is InChI=1S/C9H16O2.C4H10/c1-2-11-9(10)8-6-4-3-5-7-8;1-3-4-2/h8H,2-7H2,1H3;3-4H2,1-2H3. The maximum atomic E-state index is 11.2. The molecular formula is C13H26O2. The number of unbranched alkanes of at least 4 members (excludes halogenated alkanes) is 1. The molecule has 0 atom stereocenters. The zero-order valence-corrected chi connectivity index (χ0v) is 10.6. The fourth-order valence-corrected chi connectivity index (χ4v) is 1.60. The Morgan fingerprint density at radius 1 is 1.07 bits per heavy atom. The molecule has 2 nitrogen and oxygen atoms in total. The summed E-state index contributed by atoms with van der Waals surface area (Å²) in [5, 5.41) is 0. The van der Waals surface area contributed by atoms with Crippen LogP contribution in [0.1, 0.15) is 65.7 Å². The van der Waals surface area contributed by atoms with Crippen molar-refractivity contribution in [1.82, 2.24) is 0 Å². The molecular weight excluding hydrogens is 188 g/mol. The smallest absolute Gasteiger partial charge is 0.308 e. The lowest BCUT2D eigenvalue weighted by molar-refractivity contribution is -0.149. The van der Waals surface area contributed by atoms with Gasteiger partial charge in [0.1, 0.15) is 0 Å². The summed E-state index contributed by atoms with van der Waals surface area (Å²) in [6.07, 6.45) is 8.40. The first-order valence-electron chi connectivity index (χ1n) is 6.42. The van der Waals surface area contributed by atoms with Crippen molar-refractivity contribution in [2.75, 3.05) is 6.61 Å². The fraction of sp³-hybridized carbons (Fsp3) is 0.923. The maximum Gasteiger partial charge on any atom is 0.308 e. The van der Waals surface area contributed by atoms with Crippen molar-refractivity contribution >= 4 is 5.97 Å². The number of rotatable bonds is 3. The number of hydrogen-bond acceptors (Lipinski definition) is 2. The van der Waals surface area contributed by atoms with Gasteiger partial charge in [-0.1, -0.05) is 46.0 Å². The van der Waals surface area contributed by atoms with Crippen molar-refractivity contribution in [2.24, 2.45) is 5.92 Å². The Kier molecular flexibility index (Phi) is 9.65. The summed E-state index contributed by atoms with van der Waals surface area (Å²) in [7, 11) is 0. The molecule has 0 aliphatic heterocycles. The normalized spacial score (nSPS) is 16.5. The third kappa shape index (κ3) is 7.40. The Balaban J connectivity index is 0.000000423. The molecule has 1 fully saturated rings. The number of hydrogen-bond donors (Lipinski definition) is 0. The van der Waals surface area contributed by atoms with Crippen LogP contribution in [0.3, 0.4) is 0 Å². The lowest BCUT2D eigenvalue weighted by Gasteiger charge is -2.19. The SMILES string of the molecule is CCCC.CCOC(=O)C1CCCCC1. The van der Waals surface area contributed by atoms with Crippen molar-refractivity contribution in [2.45, 2.75) is 65.7 Å². The van der Waals surface area contributed by atoms with Gasteiger partial charge in [-0.2, -0.15) is 0 Å². The van der Waals surface area contributed by atoms with Crippen LogP contribution in [0.5, 0.6) is 0 Å². The molecule has 0 spiro atoms. The van der Waals surface area contributed by atoms with Gasteiger partial charge in [0, 0.05) is 0 Å². The molecule has 0 unspecified atom stereocenters. The molecule has 2 heteroatoms. The second kappa shape index (κ2) is 10.0. The average molecular weight is 214 g/mol. The number of esters is 1. The quantitative estimate of drug-likeness (QED) is 0.665. The minimum atomic E-state index is 0.0206. The molecule has 0 aromatic rings. The lowest BCUT2D eigenvalue weighted by Crippen LogP contribution is -2.20. The summed E-state index contributed by atoms with van der Waals surface area (Å²) in [5.41, 5.74) is 0. The molecule has 0 saturated heterocycles. The van der Waals surface area contributed by atoms with E-state index in [1.165, 1.54) is 32.1 Å². The average Bonchev–Trinajstić information content (AvgIpc) is 2.31. The second-order valence-electron chi connectivity index (χ2n) is 4.09. The number of carbonyl (C=O) groups excluding carboxylic acids is 1. The van der Waals surface area contributed by atoms with Crippen molar-refractivity contribution in [1.29, 1.82) is 0 Å². The van der Waals surface area contributed by atoms with Crippen LogP contribution in [0.4, 0.5) is 0 Å². The molecule has 0 bridgehead atoms. The third-order valence-corrected chi connectivity index (χ3v) is 2.73. The third-order valence-electron chi connectivity index (χ3n) is 2.73. The Labute approximate surface area is 94.4 Å². The van der Waals surface area contributed by atoms with Gasteiger partial charge in [0.2, 0.25) is 0 Å². The van der Waals surface area contributed by atoms with E-state index in [0.717, 1.165) is 12.8 Å². The Hall–Kier alpha value is -0.530. The van der Waals surface area contributed by atoms with Gasteiger partial charge in [-0.15, -0.1) is 0 Å². The topological polar surface area (TPSA) is 26.3 Å². The highest BCUT2D eigenvalue weighted by molar-refractivity contribution is 5.72. The monoisotopic (exact) mass is 214 g/mol. The van der Waals surface area contributed by atoms with Gasteiger partial charge in [0.25, 0.3) is 0 Å². The van der Waals surface area contributed by atoms with Gasteiger partial charge in [-0.3, -0.25) is 4.79 Å². The predicted octanol–water partition coefficient (Wildman–Crippen LogP) is 3.94. The summed E-state index contributed by atoms with van der Waals surface area (Å²) in [4.78, 5) is 11.2. The van der Waals surface area contributed by atoms with E-state index < -0.39 is 0 Å². The Morgan fingerprint density at radius 2 is 1.60 bits per heavy atom. The molecule has 90 valence electrons. The highest BCUT2D eigenvalue weighted by Crippen LogP contribution is 2.24. The first-order chi connectivity index (χ1) is 7.26. The molecule has 0 aromatic heterocycles. The van der Waals surface area contributed by atoms with Crippen LogP contribution in [-0.4, -0.2) is 12.6 Å². The fourth-order valence-electron chi connectivity index (χ4n) is 1.60. The van der Waals surface area contributed by atoms with Crippen molar-refractivity contribution in [3.05, 3.63) is 0 Å². The van der Waals surface area contributed by atoms with E-state index in [1.54, 1.807) is 0 Å². The van der Waals surface area contributed by atoms with Gasteiger partial charge in [-0.25, -0.2) is 0 Å². The predicted molar refractivity (Wildman–Crippen MR) is 63.8 cm³/mol. The Morgan fingerprint density at radius 3 is 2.00 bits per heavy atom. The first-order valence-corrected chi connectivity index (χ1v) is 6.42. The zero-order chi connectivity index (χ0) is 11.5. The van der Waals surface area contributed by atoms with Crippen molar-refractivity contribution < 1.29 is 9.53 Å². The minimum Gasteiger partial charge on any atom is -0.466 e. The summed E-state index contributed by atoms with van der Waals surface area (Å²) in [6, 6.07) is 0. The molecule has 0 heterocycles. The van der Waals surface area contributed by atoms with Crippen LogP contribution < -0.4 is 0 Å². The summed E-state index contributed by atoms with van der Waals surface area (Å²) < 4.78 is 4.94. The van der Waals surface area contributed by atoms with Gasteiger partial charge < -0.3 is 4.74 Å². The van der Waals surface area contributed by atoms with Crippen LogP contribution in [0, 0.1) is 5.92 Å². The number of ether oxygens (including phenoxy) is 1. The van der Waals surface area contributed by atoms with Crippen LogP contribution in [0.15, 0.2) is 0 Å². The van der Waals surface area contributed by atoms with E-state index >= 15 is 0 Å². The minimum absolute atomic E-state index is 0.0206. The second-order valence-corrected chi connectivity index (χ2v) is 4.09. The Bertz CT molecular complexity index is 147. The summed E-state index contributed by atoms with van der Waals surface area (Å²) in [6.45, 7) is 6.75. The number of carbonyl (C=O) groups is 1. The van der Waals surface area contributed by atoms with Crippen molar-refractivity contribution in [3.8, 4) is 0 Å². The molecule has 0 N–H and O–H groups in total. The van der Waals surface area contributed by atoms with Crippen LogP contribution in [0.2, 0.25) is 0 Å². The van der Waals surface area contributed by atoms with Gasteiger partial charge in [0.15, 0.2) is 0 Å². The van der Waals surface area contributed by atoms with E-state index in [-0.39, 0.29) is 11.9 Å². The highest BCUT2D eigenvalue weighted by Gasteiger charge is 2.21. The van der Waals surface area contributed by atoms with Crippen molar-refractivity contribution in [3.63, 3.8) is 0 Å². The molecule has 1 saturated carbocycles. The lowest BCUT2D eigenvalue weighted by atomic mass is 9.89. The summed E-state index contributed by atoms with van der Waals surface area (Å²) in [5.74, 6) is 0.232. The van der Waals surface area contributed by atoms with Gasteiger partial charge in [0.05, 0.1) is 12.5 Å². The molecule has 1 rings (SSSR count). The molecule has 0 amide bonds. The molecule has 15 heavy (non-hydrogen) atoms. The van der Waals surface area contributed by atoms with E-state index in [1.807, 2.05) is 6.92 Å². The summed E-state index contributed by atoms with van der Waals surface area (Å²) >= 11 is 0. The molecule has 0 radical (unpaired) electrons. The van der Waals surface area contributed by atoms with E-state index in [2.05, 4.69) is 13.8 Å². The van der Waals surface area contributed by atoms with Crippen LogP contribution in [0.25, 0.3) is 0 Å². The van der Waals surface area contributed by atoms with E-state index in [4.69, 9.17) is 4.74 Å². The first kappa shape index (κ1) is 14.5. The van der Waals surface area contributed by atoms with Crippen LogP contribution in [-0.2, 0) is 9.53 Å². The van der Waals surface area contributed by atoms with E-state index in [9.17, 15) is 4.79 Å². The highest BCUT2D eigenvalue weighted by atomic mass is 16.5. The maximum absolute atomic E-state index is 11.2. The molecule has 1 aliphatic carbocycles. The molecule has 0 aromatic carbocycles. The van der Waals surface area contributed by atoms with Crippen LogP contribution >= 0.6 is 0 Å². The van der Waals surface area contributed by atoms with Gasteiger partial charge in [-0.05, 0) is 19.8 Å². The molecule has 1 aliphatic rings. The largest absolute Gasteiger partial charge is 0.466 e.